The van der Waals surface area contributed by atoms with E-state index < -0.39 is 0 Å². The third-order valence-electron chi connectivity index (χ3n) is 3.43. The maximum atomic E-state index is 5.66. The van der Waals surface area contributed by atoms with Crippen molar-refractivity contribution < 1.29 is 0 Å². The van der Waals surface area contributed by atoms with Crippen LogP contribution in [0.2, 0.25) is 0 Å². The second kappa shape index (κ2) is 4.94. The third kappa shape index (κ3) is 2.18. The molecule has 96 valence electrons. The van der Waals surface area contributed by atoms with Crippen LogP contribution in [0.25, 0.3) is 11.4 Å². The molecule has 0 radical (unpaired) electrons. The Morgan fingerprint density at radius 3 is 2.61 bits per heavy atom. The molecule has 0 bridgehead atoms. The number of rotatable bonds is 3. The van der Waals surface area contributed by atoms with Gasteiger partial charge in [0.05, 0.1) is 5.69 Å². The summed E-state index contributed by atoms with van der Waals surface area (Å²) in [6.45, 7) is 6.95. The molecule has 18 heavy (non-hydrogen) atoms. The molecule has 0 unspecified atom stereocenters. The fraction of sp³-hybridized carbons (Fsp3) is 0.400. The molecular weight excluding hydrogens is 222 g/mol. The molecule has 0 aliphatic carbocycles. The second-order valence-electron chi connectivity index (χ2n) is 4.88. The van der Waals surface area contributed by atoms with E-state index in [4.69, 9.17) is 10.7 Å². The predicted molar refractivity (Wildman–Crippen MR) is 75.6 cm³/mol. The van der Waals surface area contributed by atoms with Crippen molar-refractivity contribution in [2.75, 3.05) is 6.54 Å². The van der Waals surface area contributed by atoms with Crippen molar-refractivity contribution in [3.05, 3.63) is 40.7 Å². The zero-order chi connectivity index (χ0) is 13.3. The van der Waals surface area contributed by atoms with Gasteiger partial charge in [0.25, 0.3) is 0 Å². The van der Waals surface area contributed by atoms with Crippen LogP contribution in [0.1, 0.15) is 22.5 Å². The number of aryl methyl sites for hydroxylation is 3. The average Bonchev–Trinajstić information content (AvgIpc) is 2.61. The van der Waals surface area contributed by atoms with Crippen molar-refractivity contribution >= 4 is 0 Å². The van der Waals surface area contributed by atoms with Gasteiger partial charge < -0.3 is 10.3 Å². The summed E-state index contributed by atoms with van der Waals surface area (Å²) in [7, 11) is 2.07. The minimum atomic E-state index is 0.659. The zero-order valence-corrected chi connectivity index (χ0v) is 11.6. The topological polar surface area (TPSA) is 43.8 Å². The van der Waals surface area contributed by atoms with Crippen LogP contribution in [0.4, 0.5) is 0 Å². The summed E-state index contributed by atoms with van der Waals surface area (Å²) in [5, 5.41) is 0. The van der Waals surface area contributed by atoms with Gasteiger partial charge in [-0.05, 0) is 38.9 Å². The second-order valence-corrected chi connectivity index (χ2v) is 4.88. The molecule has 1 aromatic carbocycles. The smallest absolute Gasteiger partial charge is 0.140 e. The van der Waals surface area contributed by atoms with Crippen molar-refractivity contribution in [1.82, 2.24) is 9.55 Å². The number of hydrogen-bond donors (Lipinski definition) is 1. The molecule has 2 aromatic rings. The van der Waals surface area contributed by atoms with Gasteiger partial charge in [0, 0.05) is 24.7 Å². The maximum Gasteiger partial charge on any atom is 0.140 e. The van der Waals surface area contributed by atoms with Gasteiger partial charge in [0.2, 0.25) is 0 Å². The number of hydrogen-bond acceptors (Lipinski definition) is 2. The highest BCUT2D eigenvalue weighted by atomic mass is 15.1. The molecule has 0 aliphatic heterocycles. The first-order chi connectivity index (χ1) is 8.54. The Labute approximate surface area is 109 Å². The Morgan fingerprint density at radius 1 is 1.22 bits per heavy atom. The quantitative estimate of drug-likeness (QED) is 0.900. The first-order valence-electron chi connectivity index (χ1n) is 6.34. The Kier molecular flexibility index (Phi) is 3.53. The van der Waals surface area contributed by atoms with Crippen LogP contribution in [0, 0.1) is 20.8 Å². The Bertz CT molecular complexity index is 567. The van der Waals surface area contributed by atoms with E-state index in [2.05, 4.69) is 50.6 Å². The molecule has 3 heteroatoms. The molecule has 0 spiro atoms. The number of nitrogens with zero attached hydrogens (tertiary/aromatic N) is 2. The molecule has 0 saturated carbocycles. The van der Waals surface area contributed by atoms with Gasteiger partial charge in [0.1, 0.15) is 5.82 Å². The Morgan fingerprint density at radius 2 is 1.94 bits per heavy atom. The van der Waals surface area contributed by atoms with Crippen molar-refractivity contribution in [3.8, 4) is 11.4 Å². The summed E-state index contributed by atoms with van der Waals surface area (Å²) in [6.07, 6.45) is 0.875. The fourth-order valence-corrected chi connectivity index (χ4v) is 2.37. The summed E-state index contributed by atoms with van der Waals surface area (Å²) in [4.78, 5) is 4.71. The van der Waals surface area contributed by atoms with E-state index in [0.717, 1.165) is 17.9 Å². The van der Waals surface area contributed by atoms with E-state index in [1.807, 2.05) is 0 Å². The maximum absolute atomic E-state index is 5.66. The number of imidazole rings is 1. The number of nitrogens with two attached hydrogens (primary N) is 1. The molecule has 0 saturated heterocycles. The van der Waals surface area contributed by atoms with Gasteiger partial charge >= 0.3 is 0 Å². The molecule has 0 amide bonds. The summed E-state index contributed by atoms with van der Waals surface area (Å²) in [5.41, 5.74) is 11.7. The molecule has 3 nitrogen and oxygen atoms in total. The Balaban J connectivity index is 2.57. The van der Waals surface area contributed by atoms with Gasteiger partial charge in [0.15, 0.2) is 0 Å². The van der Waals surface area contributed by atoms with Crippen LogP contribution < -0.4 is 5.73 Å². The highest BCUT2D eigenvalue weighted by Gasteiger charge is 2.14. The predicted octanol–water partition coefficient (Wildman–Crippen LogP) is 2.51. The lowest BCUT2D eigenvalue weighted by Crippen LogP contribution is -2.08. The normalized spacial score (nSPS) is 10.9. The number of benzene rings is 1. The van der Waals surface area contributed by atoms with Gasteiger partial charge in [-0.1, -0.05) is 17.7 Å². The molecule has 1 heterocycles. The highest BCUT2D eigenvalue weighted by molar-refractivity contribution is 5.62. The zero-order valence-electron chi connectivity index (χ0n) is 11.6. The van der Waals surface area contributed by atoms with Crippen molar-refractivity contribution in [1.29, 1.82) is 0 Å². The average molecular weight is 243 g/mol. The molecule has 0 atom stereocenters. The van der Waals surface area contributed by atoms with Crippen LogP contribution in [0.5, 0.6) is 0 Å². The molecule has 0 fully saturated rings. The summed E-state index contributed by atoms with van der Waals surface area (Å²) < 4.78 is 2.17. The molecular formula is C15H21N3. The molecule has 0 aliphatic rings. The van der Waals surface area contributed by atoms with E-state index in [1.54, 1.807) is 0 Å². The molecule has 2 N–H and O–H groups in total. The van der Waals surface area contributed by atoms with E-state index in [1.165, 1.54) is 22.4 Å². The van der Waals surface area contributed by atoms with Crippen molar-refractivity contribution in [2.24, 2.45) is 12.8 Å². The lowest BCUT2D eigenvalue weighted by molar-refractivity contribution is 0.805. The van der Waals surface area contributed by atoms with Gasteiger partial charge in [-0.2, -0.15) is 0 Å². The summed E-state index contributed by atoms with van der Waals surface area (Å²) >= 11 is 0. The highest BCUT2D eigenvalue weighted by Crippen LogP contribution is 2.25. The third-order valence-corrected chi connectivity index (χ3v) is 3.43. The SMILES string of the molecule is Cc1ccc(C)c(-c2nc(C)c(CCN)n2C)c1. The van der Waals surface area contributed by atoms with E-state index in [-0.39, 0.29) is 0 Å². The van der Waals surface area contributed by atoms with E-state index in [9.17, 15) is 0 Å². The Hall–Kier alpha value is -1.61. The molecule has 2 rings (SSSR count). The first kappa shape index (κ1) is 12.8. The van der Waals surface area contributed by atoms with Gasteiger partial charge in [-0.25, -0.2) is 4.98 Å². The fourth-order valence-electron chi connectivity index (χ4n) is 2.37. The summed E-state index contributed by atoms with van der Waals surface area (Å²) in [5.74, 6) is 1.04. The van der Waals surface area contributed by atoms with Crippen LogP contribution >= 0.6 is 0 Å². The van der Waals surface area contributed by atoms with Crippen LogP contribution in [-0.4, -0.2) is 16.1 Å². The van der Waals surface area contributed by atoms with Crippen LogP contribution in [0.3, 0.4) is 0 Å². The largest absolute Gasteiger partial charge is 0.331 e. The first-order valence-corrected chi connectivity index (χ1v) is 6.34. The van der Waals surface area contributed by atoms with Gasteiger partial charge in [-0.15, -0.1) is 0 Å². The monoisotopic (exact) mass is 243 g/mol. The van der Waals surface area contributed by atoms with Gasteiger partial charge in [-0.3, -0.25) is 0 Å². The van der Waals surface area contributed by atoms with Crippen molar-refractivity contribution in [2.45, 2.75) is 27.2 Å². The lowest BCUT2D eigenvalue weighted by atomic mass is 10.1. The minimum Gasteiger partial charge on any atom is -0.331 e. The van der Waals surface area contributed by atoms with E-state index >= 15 is 0 Å². The van der Waals surface area contributed by atoms with Crippen molar-refractivity contribution in [3.63, 3.8) is 0 Å². The number of aromatic nitrogens is 2. The molecule has 1 aromatic heterocycles. The van der Waals surface area contributed by atoms with Crippen LogP contribution in [-0.2, 0) is 13.5 Å². The lowest BCUT2D eigenvalue weighted by Gasteiger charge is -2.09. The van der Waals surface area contributed by atoms with Crippen LogP contribution in [0.15, 0.2) is 18.2 Å². The van der Waals surface area contributed by atoms with E-state index in [0.29, 0.717) is 6.54 Å². The summed E-state index contributed by atoms with van der Waals surface area (Å²) in [6, 6.07) is 6.48. The standard InChI is InChI=1S/C15H21N3/c1-10-5-6-11(2)13(9-10)15-17-12(3)14(7-8-16)18(15)4/h5-6,9H,7-8,16H2,1-4H3. The minimum absolute atomic E-state index is 0.659.